The summed E-state index contributed by atoms with van der Waals surface area (Å²) in [5.41, 5.74) is 7.49. The van der Waals surface area contributed by atoms with Crippen LogP contribution in [0.3, 0.4) is 0 Å². The molecule has 1 fully saturated rings. The second-order valence-electron chi connectivity index (χ2n) is 4.57. The van der Waals surface area contributed by atoms with Gasteiger partial charge in [-0.25, -0.2) is 0 Å². The molecule has 98 valence electrons. The van der Waals surface area contributed by atoms with Crippen LogP contribution in [0.4, 0.5) is 0 Å². The van der Waals surface area contributed by atoms with E-state index in [1.807, 2.05) is 24.3 Å². The zero-order valence-corrected chi connectivity index (χ0v) is 10.5. The maximum Gasteiger partial charge on any atom is 0.170 e. The molecule has 0 radical (unpaired) electrons. The number of hydrogen-bond acceptors (Lipinski definition) is 4. The second-order valence-corrected chi connectivity index (χ2v) is 4.57. The summed E-state index contributed by atoms with van der Waals surface area (Å²) in [6, 6.07) is 7.76. The summed E-state index contributed by atoms with van der Waals surface area (Å²) in [7, 11) is 1.76. The van der Waals surface area contributed by atoms with Gasteiger partial charge in [0.15, 0.2) is 5.84 Å². The van der Waals surface area contributed by atoms with E-state index >= 15 is 0 Å². The minimum atomic E-state index is 0.146. The molecule has 0 amide bonds. The first-order chi connectivity index (χ1) is 8.72. The van der Waals surface area contributed by atoms with Gasteiger partial charge in [-0.2, -0.15) is 0 Å². The number of rotatable bonds is 4. The molecule has 1 aromatic rings. The van der Waals surface area contributed by atoms with Crippen LogP contribution in [0.1, 0.15) is 17.5 Å². The Balaban J connectivity index is 2.02. The Bertz CT molecular complexity index is 434. The van der Waals surface area contributed by atoms with E-state index in [1.165, 1.54) is 0 Å². The molecule has 1 atom stereocenters. The maximum atomic E-state index is 8.67. The van der Waals surface area contributed by atoms with Crippen molar-refractivity contribution in [2.24, 2.45) is 10.9 Å². The van der Waals surface area contributed by atoms with E-state index in [2.05, 4.69) is 10.1 Å². The van der Waals surface area contributed by atoms with Crippen LogP contribution >= 0.6 is 0 Å². The molecule has 1 aliphatic heterocycles. The van der Waals surface area contributed by atoms with Crippen molar-refractivity contribution < 1.29 is 9.94 Å². The van der Waals surface area contributed by atoms with Crippen molar-refractivity contribution in [3.63, 3.8) is 0 Å². The average Bonchev–Trinajstić information content (AvgIpc) is 2.86. The Morgan fingerprint density at radius 3 is 3.11 bits per heavy atom. The average molecular weight is 249 g/mol. The van der Waals surface area contributed by atoms with Crippen molar-refractivity contribution in [3.8, 4) is 0 Å². The number of methoxy groups -OCH3 is 1. The lowest BCUT2D eigenvalue weighted by Gasteiger charge is -2.16. The number of amidine groups is 1. The zero-order chi connectivity index (χ0) is 13.0. The smallest absolute Gasteiger partial charge is 0.170 e. The first-order valence-corrected chi connectivity index (χ1v) is 6.05. The van der Waals surface area contributed by atoms with Crippen LogP contribution in [0.25, 0.3) is 0 Å². The number of nitrogens with zero attached hydrogens (tertiary/aromatic N) is 2. The van der Waals surface area contributed by atoms with Gasteiger partial charge in [0, 0.05) is 32.3 Å². The fraction of sp³-hybridized carbons (Fsp3) is 0.462. The number of likely N-dealkylation sites (tertiary alicyclic amines) is 1. The molecule has 0 bridgehead atoms. The van der Waals surface area contributed by atoms with E-state index in [1.54, 1.807) is 7.11 Å². The molecule has 1 heterocycles. The third-order valence-electron chi connectivity index (χ3n) is 3.30. The van der Waals surface area contributed by atoms with Crippen LogP contribution in [-0.2, 0) is 11.3 Å². The van der Waals surface area contributed by atoms with Crippen LogP contribution in [0.2, 0.25) is 0 Å². The summed E-state index contributed by atoms with van der Waals surface area (Å²) < 4.78 is 5.34. The SMILES string of the molecule is COC1CCN(Cc2cccc(/C(N)=N/O)c2)C1. The van der Waals surface area contributed by atoms with Crippen LogP contribution in [0, 0.1) is 0 Å². The largest absolute Gasteiger partial charge is 0.409 e. The van der Waals surface area contributed by atoms with Gasteiger partial charge in [0.05, 0.1) is 6.10 Å². The zero-order valence-electron chi connectivity index (χ0n) is 10.5. The van der Waals surface area contributed by atoms with E-state index in [0.717, 1.165) is 37.2 Å². The van der Waals surface area contributed by atoms with Gasteiger partial charge >= 0.3 is 0 Å². The third-order valence-corrected chi connectivity index (χ3v) is 3.30. The number of oxime groups is 1. The van der Waals surface area contributed by atoms with Gasteiger partial charge < -0.3 is 15.7 Å². The summed E-state index contributed by atoms with van der Waals surface area (Å²) in [5, 5.41) is 11.7. The molecule has 3 N–H and O–H groups in total. The van der Waals surface area contributed by atoms with Crippen molar-refractivity contribution in [1.29, 1.82) is 0 Å². The highest BCUT2D eigenvalue weighted by Crippen LogP contribution is 2.16. The van der Waals surface area contributed by atoms with Crippen molar-refractivity contribution in [1.82, 2.24) is 4.90 Å². The highest BCUT2D eigenvalue weighted by atomic mass is 16.5. The van der Waals surface area contributed by atoms with Crippen molar-refractivity contribution in [2.45, 2.75) is 19.1 Å². The van der Waals surface area contributed by atoms with Gasteiger partial charge in [0.25, 0.3) is 0 Å². The first kappa shape index (κ1) is 12.9. The Hall–Kier alpha value is -1.59. The summed E-state index contributed by atoms with van der Waals surface area (Å²) in [6.07, 6.45) is 1.42. The standard InChI is InChI=1S/C13H19N3O2/c1-18-12-5-6-16(9-12)8-10-3-2-4-11(7-10)13(14)15-17/h2-4,7,12,17H,5-6,8-9H2,1H3,(H2,14,15). The molecule has 5 heteroatoms. The molecular formula is C13H19N3O2. The Kier molecular flexibility index (Phi) is 4.17. The summed E-state index contributed by atoms with van der Waals surface area (Å²) in [6.45, 7) is 2.88. The number of ether oxygens (including phenoxy) is 1. The Labute approximate surface area is 107 Å². The van der Waals surface area contributed by atoms with E-state index < -0.39 is 0 Å². The molecule has 2 rings (SSSR count). The van der Waals surface area contributed by atoms with Crippen LogP contribution in [-0.4, -0.2) is 42.2 Å². The van der Waals surface area contributed by atoms with Gasteiger partial charge in [-0.3, -0.25) is 4.90 Å². The van der Waals surface area contributed by atoms with E-state index in [0.29, 0.717) is 6.10 Å². The van der Waals surface area contributed by atoms with E-state index in [4.69, 9.17) is 15.7 Å². The molecule has 0 saturated carbocycles. The molecule has 1 saturated heterocycles. The second kappa shape index (κ2) is 5.84. The fourth-order valence-corrected chi connectivity index (χ4v) is 2.28. The van der Waals surface area contributed by atoms with Crippen LogP contribution < -0.4 is 5.73 Å². The van der Waals surface area contributed by atoms with Gasteiger partial charge in [-0.1, -0.05) is 23.4 Å². The van der Waals surface area contributed by atoms with E-state index in [9.17, 15) is 0 Å². The lowest BCUT2D eigenvalue weighted by Crippen LogP contribution is -2.22. The summed E-state index contributed by atoms with van der Waals surface area (Å²) in [5.74, 6) is 0.146. The predicted octanol–water partition coefficient (Wildman–Crippen LogP) is 1.00. The van der Waals surface area contributed by atoms with Gasteiger partial charge in [0.2, 0.25) is 0 Å². The Morgan fingerprint density at radius 2 is 2.44 bits per heavy atom. The molecule has 1 aromatic carbocycles. The number of nitrogens with two attached hydrogens (primary N) is 1. The fourth-order valence-electron chi connectivity index (χ4n) is 2.28. The van der Waals surface area contributed by atoms with Gasteiger partial charge in [-0.05, 0) is 18.1 Å². The Morgan fingerprint density at radius 1 is 1.61 bits per heavy atom. The van der Waals surface area contributed by atoms with Gasteiger partial charge in [0.1, 0.15) is 0 Å². The molecule has 0 aromatic heterocycles. The third kappa shape index (κ3) is 3.00. The highest BCUT2D eigenvalue weighted by Gasteiger charge is 2.21. The lowest BCUT2D eigenvalue weighted by atomic mass is 10.1. The topological polar surface area (TPSA) is 71.1 Å². The molecule has 5 nitrogen and oxygen atoms in total. The monoisotopic (exact) mass is 249 g/mol. The predicted molar refractivity (Wildman–Crippen MR) is 69.6 cm³/mol. The normalized spacial score (nSPS) is 21.4. The number of benzene rings is 1. The lowest BCUT2D eigenvalue weighted by molar-refractivity contribution is 0.107. The molecule has 18 heavy (non-hydrogen) atoms. The summed E-state index contributed by atoms with van der Waals surface area (Å²) in [4.78, 5) is 2.35. The van der Waals surface area contributed by atoms with Crippen LogP contribution in [0.5, 0.6) is 0 Å². The summed E-state index contributed by atoms with van der Waals surface area (Å²) >= 11 is 0. The molecule has 0 aliphatic carbocycles. The van der Waals surface area contributed by atoms with Crippen molar-refractivity contribution in [3.05, 3.63) is 35.4 Å². The number of hydrogen-bond donors (Lipinski definition) is 2. The highest BCUT2D eigenvalue weighted by molar-refractivity contribution is 5.97. The van der Waals surface area contributed by atoms with E-state index in [-0.39, 0.29) is 5.84 Å². The molecular weight excluding hydrogens is 230 g/mol. The quantitative estimate of drug-likeness (QED) is 0.361. The van der Waals surface area contributed by atoms with Crippen molar-refractivity contribution in [2.75, 3.05) is 20.2 Å². The minimum absolute atomic E-state index is 0.146. The molecule has 0 spiro atoms. The van der Waals surface area contributed by atoms with Gasteiger partial charge in [-0.15, -0.1) is 0 Å². The first-order valence-electron chi connectivity index (χ1n) is 6.05. The molecule has 1 aliphatic rings. The maximum absolute atomic E-state index is 8.67. The minimum Gasteiger partial charge on any atom is -0.409 e. The van der Waals surface area contributed by atoms with Crippen LogP contribution in [0.15, 0.2) is 29.4 Å². The molecule has 1 unspecified atom stereocenters. The van der Waals surface area contributed by atoms with Crippen molar-refractivity contribution >= 4 is 5.84 Å².